The first-order valence-corrected chi connectivity index (χ1v) is 6.11. The first-order valence-electron chi connectivity index (χ1n) is 6.11. The second-order valence-corrected chi connectivity index (χ2v) is 4.35. The molecule has 2 aromatic rings. The lowest BCUT2D eigenvalue weighted by Crippen LogP contribution is -1.98. The molecule has 0 unspecified atom stereocenters. The summed E-state index contributed by atoms with van der Waals surface area (Å²) in [5, 5.41) is 0. The third-order valence-corrected chi connectivity index (χ3v) is 3.20. The van der Waals surface area contributed by atoms with Gasteiger partial charge in [-0.3, -0.25) is 0 Å². The Morgan fingerprint density at radius 1 is 1.06 bits per heavy atom. The van der Waals surface area contributed by atoms with Gasteiger partial charge < -0.3 is 4.42 Å². The highest BCUT2D eigenvalue weighted by atomic mass is 16.3. The van der Waals surface area contributed by atoms with E-state index in [1.807, 2.05) is 12.1 Å². The summed E-state index contributed by atoms with van der Waals surface area (Å²) in [6, 6.07) is 12.5. The summed E-state index contributed by atoms with van der Waals surface area (Å²) in [6.07, 6.45) is 6.23. The van der Waals surface area contributed by atoms with E-state index in [4.69, 9.17) is 4.42 Å². The van der Waals surface area contributed by atoms with Crippen molar-refractivity contribution >= 4 is 11.6 Å². The van der Waals surface area contributed by atoms with Crippen LogP contribution in [0.4, 0.5) is 0 Å². The third kappa shape index (κ3) is 1.72. The molecule has 85 valence electrons. The van der Waals surface area contributed by atoms with Crippen molar-refractivity contribution in [3.05, 3.63) is 65.5 Å². The zero-order valence-electron chi connectivity index (χ0n) is 9.94. The van der Waals surface area contributed by atoms with Gasteiger partial charge in [0.15, 0.2) is 0 Å². The van der Waals surface area contributed by atoms with Crippen LogP contribution in [0.25, 0.3) is 11.6 Å². The number of fused-ring (bicyclic) bond motifs is 1. The van der Waals surface area contributed by atoms with Crippen molar-refractivity contribution in [2.75, 3.05) is 0 Å². The molecule has 0 aliphatic heterocycles. The van der Waals surface area contributed by atoms with Gasteiger partial charge in [-0.05, 0) is 35.8 Å². The van der Waals surface area contributed by atoms with Gasteiger partial charge in [0.05, 0.1) is 6.26 Å². The molecular formula is C16H15O. The fraction of sp³-hybridized carbons (Fsp3) is 0.188. The smallest absolute Gasteiger partial charge is 0.130 e. The van der Waals surface area contributed by atoms with Gasteiger partial charge in [0.1, 0.15) is 5.76 Å². The Morgan fingerprint density at radius 3 is 2.71 bits per heavy atom. The Kier molecular flexibility index (Phi) is 2.60. The number of hydrogen-bond acceptors (Lipinski definition) is 1. The zero-order valence-corrected chi connectivity index (χ0v) is 9.94. The minimum Gasteiger partial charge on any atom is -0.465 e. The molecule has 1 aliphatic rings. The van der Waals surface area contributed by atoms with Crippen LogP contribution in [-0.2, 0) is 0 Å². The van der Waals surface area contributed by atoms with Crippen LogP contribution in [0.5, 0.6) is 0 Å². The standard InChI is InChI=1S/C16H15O/c1-2-6-14-13-8-4-3-7-12(13)11-15(14)16-9-5-10-17-16/h3-5,7-11H,2,6H2,1H3. The van der Waals surface area contributed by atoms with Crippen LogP contribution < -0.4 is 0 Å². The summed E-state index contributed by atoms with van der Waals surface area (Å²) in [7, 11) is 0. The highest BCUT2D eigenvalue weighted by molar-refractivity contribution is 5.96. The highest BCUT2D eigenvalue weighted by Gasteiger charge is 2.27. The van der Waals surface area contributed by atoms with Gasteiger partial charge >= 0.3 is 0 Å². The van der Waals surface area contributed by atoms with Gasteiger partial charge in [0, 0.05) is 11.5 Å². The monoisotopic (exact) mass is 223 g/mol. The lowest BCUT2D eigenvalue weighted by Gasteiger charge is -2.13. The molecule has 0 bridgehead atoms. The van der Waals surface area contributed by atoms with Crippen molar-refractivity contribution in [1.82, 2.24) is 0 Å². The summed E-state index contributed by atoms with van der Waals surface area (Å²) in [6.45, 7) is 2.22. The third-order valence-electron chi connectivity index (χ3n) is 3.20. The van der Waals surface area contributed by atoms with Crippen LogP contribution in [-0.4, -0.2) is 0 Å². The molecule has 1 aromatic carbocycles. The molecule has 1 heteroatoms. The Morgan fingerprint density at radius 2 is 1.94 bits per heavy atom. The highest BCUT2D eigenvalue weighted by Crippen LogP contribution is 2.43. The van der Waals surface area contributed by atoms with Crippen LogP contribution >= 0.6 is 0 Å². The summed E-state index contributed by atoms with van der Waals surface area (Å²) < 4.78 is 5.54. The summed E-state index contributed by atoms with van der Waals surface area (Å²) >= 11 is 0. The van der Waals surface area contributed by atoms with Gasteiger partial charge in [0.25, 0.3) is 0 Å². The molecule has 0 spiro atoms. The van der Waals surface area contributed by atoms with Gasteiger partial charge in [-0.15, -0.1) is 0 Å². The molecule has 0 amide bonds. The van der Waals surface area contributed by atoms with E-state index >= 15 is 0 Å². The minimum atomic E-state index is 0.977. The van der Waals surface area contributed by atoms with Crippen molar-refractivity contribution in [3.8, 4) is 0 Å². The minimum absolute atomic E-state index is 0.977. The van der Waals surface area contributed by atoms with Crippen molar-refractivity contribution in [3.63, 3.8) is 0 Å². The second kappa shape index (κ2) is 4.25. The van der Waals surface area contributed by atoms with Crippen LogP contribution in [0.3, 0.4) is 0 Å². The fourth-order valence-electron chi connectivity index (χ4n) is 2.46. The van der Waals surface area contributed by atoms with E-state index in [1.54, 1.807) is 6.26 Å². The molecule has 0 saturated carbocycles. The van der Waals surface area contributed by atoms with Crippen LogP contribution in [0.2, 0.25) is 0 Å². The van der Waals surface area contributed by atoms with Crippen molar-refractivity contribution < 1.29 is 4.42 Å². The molecule has 1 aliphatic carbocycles. The SMILES string of the molecule is CCC[C]1C(c2ccco2)=Cc2ccccc21. The van der Waals surface area contributed by atoms with Gasteiger partial charge in [-0.25, -0.2) is 0 Å². The Labute approximate surface area is 102 Å². The van der Waals surface area contributed by atoms with Crippen LogP contribution in [0.15, 0.2) is 47.1 Å². The predicted molar refractivity (Wildman–Crippen MR) is 70.3 cm³/mol. The average molecular weight is 223 g/mol. The van der Waals surface area contributed by atoms with E-state index in [0.717, 1.165) is 18.6 Å². The molecule has 1 heterocycles. The molecule has 17 heavy (non-hydrogen) atoms. The number of furan rings is 1. The van der Waals surface area contributed by atoms with E-state index < -0.39 is 0 Å². The van der Waals surface area contributed by atoms with Crippen molar-refractivity contribution in [1.29, 1.82) is 0 Å². The Bertz CT molecular complexity index is 534. The van der Waals surface area contributed by atoms with Gasteiger partial charge in [0.2, 0.25) is 0 Å². The largest absolute Gasteiger partial charge is 0.465 e. The van der Waals surface area contributed by atoms with Gasteiger partial charge in [-0.1, -0.05) is 37.6 Å². The molecule has 0 saturated heterocycles. The molecule has 1 radical (unpaired) electrons. The Hall–Kier alpha value is -1.76. The molecule has 0 fully saturated rings. The van der Waals surface area contributed by atoms with Crippen molar-refractivity contribution in [2.45, 2.75) is 19.8 Å². The second-order valence-electron chi connectivity index (χ2n) is 4.35. The Balaban J connectivity index is 2.06. The zero-order chi connectivity index (χ0) is 11.7. The number of hydrogen-bond donors (Lipinski definition) is 0. The normalized spacial score (nSPS) is 14.8. The topological polar surface area (TPSA) is 13.1 Å². The molecule has 0 N–H and O–H groups in total. The summed E-state index contributed by atoms with van der Waals surface area (Å²) in [5.74, 6) is 2.39. The first kappa shape index (κ1) is 10.4. The number of rotatable bonds is 3. The number of benzene rings is 1. The van der Waals surface area contributed by atoms with E-state index in [2.05, 4.69) is 37.3 Å². The van der Waals surface area contributed by atoms with Crippen LogP contribution in [0, 0.1) is 5.92 Å². The molecule has 3 rings (SSSR count). The average Bonchev–Trinajstić information content (AvgIpc) is 2.97. The van der Waals surface area contributed by atoms with Gasteiger partial charge in [-0.2, -0.15) is 0 Å². The molecule has 0 atom stereocenters. The predicted octanol–water partition coefficient (Wildman–Crippen LogP) is 4.56. The van der Waals surface area contributed by atoms with Crippen molar-refractivity contribution in [2.24, 2.45) is 0 Å². The maximum absolute atomic E-state index is 5.54. The molecular weight excluding hydrogens is 208 g/mol. The number of allylic oxidation sites excluding steroid dienone is 1. The van der Waals surface area contributed by atoms with Crippen LogP contribution in [0.1, 0.15) is 36.7 Å². The fourth-order valence-corrected chi connectivity index (χ4v) is 2.46. The van der Waals surface area contributed by atoms with E-state index in [1.165, 1.54) is 22.6 Å². The van der Waals surface area contributed by atoms with E-state index in [-0.39, 0.29) is 0 Å². The molecule has 1 aromatic heterocycles. The lowest BCUT2D eigenvalue weighted by atomic mass is 9.90. The first-order chi connectivity index (χ1) is 8.40. The summed E-state index contributed by atoms with van der Waals surface area (Å²) in [5.41, 5.74) is 3.92. The van der Waals surface area contributed by atoms with E-state index in [9.17, 15) is 0 Å². The maximum Gasteiger partial charge on any atom is 0.130 e. The quantitative estimate of drug-likeness (QED) is 0.743. The maximum atomic E-state index is 5.54. The van der Waals surface area contributed by atoms with E-state index in [0.29, 0.717) is 0 Å². The summed E-state index contributed by atoms with van der Waals surface area (Å²) in [4.78, 5) is 0. The lowest BCUT2D eigenvalue weighted by molar-refractivity contribution is 0.552. The molecule has 1 nitrogen and oxygen atoms in total.